The number of anilines is 2. The van der Waals surface area contributed by atoms with Gasteiger partial charge in [0.2, 0.25) is 0 Å². The van der Waals surface area contributed by atoms with Gasteiger partial charge in [0.1, 0.15) is 5.40 Å². The highest BCUT2D eigenvalue weighted by molar-refractivity contribution is 8.03. The number of thioether (sulfide) groups is 1. The lowest BCUT2D eigenvalue weighted by atomic mass is 10.1. The molecule has 2 aromatic rings. The molecule has 0 saturated heterocycles. The number of carbonyl (C=O) groups excluding carboxylic acids is 2. The zero-order valence-corrected chi connectivity index (χ0v) is 14.2. The number of para-hydroxylation sites is 1. The summed E-state index contributed by atoms with van der Waals surface area (Å²) in [4.78, 5) is 25.0. The Bertz CT molecular complexity index is 795. The van der Waals surface area contributed by atoms with Gasteiger partial charge in [-0.1, -0.05) is 25.1 Å². The molecule has 0 aliphatic rings. The molecule has 0 radical (unpaired) electrons. The highest BCUT2D eigenvalue weighted by atomic mass is 32.2. The number of hydrogen-bond donors (Lipinski definition) is 2. The lowest BCUT2D eigenvalue weighted by Gasteiger charge is -2.13. The molecule has 0 aliphatic carbocycles. The molecule has 122 valence electrons. The minimum absolute atomic E-state index is 0.498. The summed E-state index contributed by atoms with van der Waals surface area (Å²) in [6.07, 6.45) is 0.761. The lowest BCUT2D eigenvalue weighted by Crippen LogP contribution is -2.29. The van der Waals surface area contributed by atoms with E-state index < -0.39 is 11.8 Å². The Balaban J connectivity index is 2.05. The quantitative estimate of drug-likeness (QED) is 0.505. The molecular weight excluding hydrogens is 322 g/mol. The number of nitriles is 1. The number of nitrogens with zero attached hydrogens (tertiary/aromatic N) is 1. The minimum atomic E-state index is -0.735. The van der Waals surface area contributed by atoms with Crippen molar-refractivity contribution in [2.75, 3.05) is 10.6 Å². The SMILES string of the molecule is CCc1cccc(C)c1NC(=O)C(=O)Nc1ccc(SC#N)cc1. The molecule has 2 rings (SSSR count). The van der Waals surface area contributed by atoms with E-state index in [4.69, 9.17) is 5.26 Å². The molecule has 0 aliphatic heterocycles. The molecule has 2 N–H and O–H groups in total. The van der Waals surface area contributed by atoms with Crippen LogP contribution in [0.25, 0.3) is 0 Å². The summed E-state index contributed by atoms with van der Waals surface area (Å²) in [5.74, 6) is -1.45. The van der Waals surface area contributed by atoms with Crippen molar-refractivity contribution in [2.45, 2.75) is 25.2 Å². The summed E-state index contributed by atoms with van der Waals surface area (Å²) < 4.78 is 0. The Morgan fingerprint density at radius 1 is 1.08 bits per heavy atom. The van der Waals surface area contributed by atoms with E-state index in [2.05, 4.69) is 10.6 Å². The van der Waals surface area contributed by atoms with E-state index in [1.54, 1.807) is 24.3 Å². The Hall–Kier alpha value is -2.78. The van der Waals surface area contributed by atoms with Crippen molar-refractivity contribution < 1.29 is 9.59 Å². The summed E-state index contributed by atoms with van der Waals surface area (Å²) in [7, 11) is 0. The maximum absolute atomic E-state index is 12.1. The first-order valence-corrected chi connectivity index (χ1v) is 8.23. The summed E-state index contributed by atoms with van der Waals surface area (Å²) in [6.45, 7) is 3.88. The van der Waals surface area contributed by atoms with Crippen LogP contribution in [-0.2, 0) is 16.0 Å². The molecule has 24 heavy (non-hydrogen) atoms. The molecular formula is C18H17N3O2S. The number of aryl methyl sites for hydroxylation is 2. The number of amides is 2. The van der Waals surface area contributed by atoms with Crippen LogP contribution >= 0.6 is 11.8 Å². The van der Waals surface area contributed by atoms with Crippen molar-refractivity contribution >= 4 is 35.0 Å². The van der Waals surface area contributed by atoms with Gasteiger partial charge in [-0.25, -0.2) is 0 Å². The first kappa shape index (κ1) is 17.6. The van der Waals surface area contributed by atoms with Crippen LogP contribution in [0.4, 0.5) is 11.4 Å². The van der Waals surface area contributed by atoms with Crippen molar-refractivity contribution in [3.8, 4) is 5.40 Å². The molecule has 0 fully saturated rings. The van der Waals surface area contributed by atoms with Gasteiger partial charge in [0.05, 0.1) is 0 Å². The molecule has 5 nitrogen and oxygen atoms in total. The maximum atomic E-state index is 12.1. The van der Waals surface area contributed by atoms with Gasteiger partial charge in [-0.15, -0.1) is 0 Å². The molecule has 0 unspecified atom stereocenters. The van der Waals surface area contributed by atoms with Gasteiger partial charge in [0, 0.05) is 16.3 Å². The van der Waals surface area contributed by atoms with Crippen molar-refractivity contribution in [3.63, 3.8) is 0 Å². The van der Waals surface area contributed by atoms with Crippen LogP contribution in [0.3, 0.4) is 0 Å². The fraction of sp³-hybridized carbons (Fsp3) is 0.167. The van der Waals surface area contributed by atoms with Crippen molar-refractivity contribution in [3.05, 3.63) is 53.6 Å². The van der Waals surface area contributed by atoms with Gasteiger partial charge in [-0.2, -0.15) is 5.26 Å². The third kappa shape index (κ3) is 4.37. The van der Waals surface area contributed by atoms with Crippen LogP contribution in [0.2, 0.25) is 0 Å². The second-order valence-corrected chi connectivity index (χ2v) is 5.95. The summed E-state index contributed by atoms with van der Waals surface area (Å²) in [5.41, 5.74) is 3.07. The number of thiocyanates is 1. The van der Waals surface area contributed by atoms with Crippen LogP contribution in [0.1, 0.15) is 18.1 Å². The second-order valence-electron chi connectivity index (χ2n) is 5.09. The molecule has 2 amide bonds. The average Bonchev–Trinajstić information content (AvgIpc) is 2.58. The number of nitrogens with one attached hydrogen (secondary N) is 2. The van der Waals surface area contributed by atoms with Gasteiger partial charge in [0.15, 0.2) is 0 Å². The van der Waals surface area contributed by atoms with Gasteiger partial charge >= 0.3 is 11.8 Å². The minimum Gasteiger partial charge on any atom is -0.318 e. The van der Waals surface area contributed by atoms with Crippen LogP contribution < -0.4 is 10.6 Å². The molecule has 0 spiro atoms. The summed E-state index contributed by atoms with van der Waals surface area (Å²) >= 11 is 1.03. The number of hydrogen-bond acceptors (Lipinski definition) is 4. The van der Waals surface area contributed by atoms with Crippen LogP contribution in [-0.4, -0.2) is 11.8 Å². The zero-order valence-electron chi connectivity index (χ0n) is 13.4. The third-order valence-electron chi connectivity index (χ3n) is 3.46. The largest absolute Gasteiger partial charge is 0.318 e. The van der Waals surface area contributed by atoms with Gasteiger partial charge < -0.3 is 10.6 Å². The Labute approximate surface area is 145 Å². The maximum Gasteiger partial charge on any atom is 0.314 e. The number of rotatable bonds is 4. The van der Waals surface area contributed by atoms with E-state index in [-0.39, 0.29) is 0 Å². The predicted molar refractivity (Wildman–Crippen MR) is 95.7 cm³/mol. The first-order valence-electron chi connectivity index (χ1n) is 7.42. The normalized spacial score (nSPS) is 9.88. The monoisotopic (exact) mass is 339 g/mol. The molecule has 0 bridgehead atoms. The molecule has 0 saturated carbocycles. The third-order valence-corrected chi connectivity index (χ3v) is 4.06. The standard InChI is InChI=1S/C18H17N3O2S/c1-3-13-6-4-5-12(2)16(13)21-18(23)17(22)20-14-7-9-15(10-8-14)24-11-19/h4-10H,3H2,1-2H3,(H,20,22)(H,21,23). The van der Waals surface area contributed by atoms with Crippen LogP contribution in [0.5, 0.6) is 0 Å². The van der Waals surface area contributed by atoms with E-state index in [9.17, 15) is 9.59 Å². The fourth-order valence-electron chi connectivity index (χ4n) is 2.22. The Morgan fingerprint density at radius 2 is 1.75 bits per heavy atom. The zero-order chi connectivity index (χ0) is 17.5. The molecule has 0 atom stereocenters. The molecule has 2 aromatic carbocycles. The van der Waals surface area contributed by atoms with Gasteiger partial charge in [0.25, 0.3) is 0 Å². The van der Waals surface area contributed by atoms with E-state index in [1.807, 2.05) is 37.4 Å². The smallest absolute Gasteiger partial charge is 0.314 e. The van der Waals surface area contributed by atoms with Crippen LogP contribution in [0, 0.1) is 17.6 Å². The molecule has 0 heterocycles. The highest BCUT2D eigenvalue weighted by Gasteiger charge is 2.16. The van der Waals surface area contributed by atoms with Crippen molar-refractivity contribution in [1.29, 1.82) is 5.26 Å². The fourth-order valence-corrected chi connectivity index (χ4v) is 2.60. The highest BCUT2D eigenvalue weighted by Crippen LogP contribution is 2.21. The van der Waals surface area contributed by atoms with E-state index in [1.165, 1.54) is 0 Å². The van der Waals surface area contributed by atoms with Gasteiger partial charge in [-0.05, 0) is 60.5 Å². The number of carbonyl (C=O) groups is 2. The summed E-state index contributed by atoms with van der Waals surface area (Å²) in [6, 6.07) is 12.4. The first-order chi connectivity index (χ1) is 11.5. The average molecular weight is 339 g/mol. The van der Waals surface area contributed by atoms with Crippen molar-refractivity contribution in [1.82, 2.24) is 0 Å². The Morgan fingerprint density at radius 3 is 2.38 bits per heavy atom. The van der Waals surface area contributed by atoms with Gasteiger partial charge in [-0.3, -0.25) is 9.59 Å². The second kappa shape index (κ2) is 8.18. The van der Waals surface area contributed by atoms with E-state index >= 15 is 0 Å². The topological polar surface area (TPSA) is 82.0 Å². The summed E-state index contributed by atoms with van der Waals surface area (Å²) in [5, 5.41) is 15.8. The number of benzene rings is 2. The lowest BCUT2D eigenvalue weighted by molar-refractivity contribution is -0.133. The van der Waals surface area contributed by atoms with Crippen molar-refractivity contribution in [2.24, 2.45) is 0 Å². The van der Waals surface area contributed by atoms with E-state index in [0.717, 1.165) is 34.2 Å². The molecule has 0 aromatic heterocycles. The Kier molecular flexibility index (Phi) is 5.99. The molecule has 6 heteroatoms. The predicted octanol–water partition coefficient (Wildman–Crippen LogP) is 3.71. The van der Waals surface area contributed by atoms with Crippen LogP contribution in [0.15, 0.2) is 47.4 Å². The van der Waals surface area contributed by atoms with E-state index in [0.29, 0.717) is 11.4 Å².